The molecule has 2 heterocycles. The Hall–Kier alpha value is -2.12. The van der Waals surface area contributed by atoms with Crippen molar-refractivity contribution in [1.29, 1.82) is 0 Å². The minimum absolute atomic E-state index is 0.0240. The molecule has 3 aromatic rings. The number of sulfonamides is 1. The zero-order valence-corrected chi connectivity index (χ0v) is 11.6. The third-order valence-corrected chi connectivity index (χ3v) is 4.28. The predicted molar refractivity (Wildman–Crippen MR) is 76.1 cm³/mol. The van der Waals surface area contributed by atoms with Crippen LogP contribution in [-0.4, -0.2) is 23.4 Å². The molecule has 0 radical (unpaired) electrons. The van der Waals surface area contributed by atoms with Gasteiger partial charge in [0.25, 0.3) is 10.0 Å². The quantitative estimate of drug-likeness (QED) is 0.727. The zero-order chi connectivity index (χ0) is 14.2. The number of aromatic nitrogens is 3. The summed E-state index contributed by atoms with van der Waals surface area (Å²) in [5, 5.41) is 0.587. The molecule has 20 heavy (non-hydrogen) atoms. The molecule has 0 fully saturated rings. The van der Waals surface area contributed by atoms with E-state index in [1.54, 1.807) is 18.2 Å². The van der Waals surface area contributed by atoms with Gasteiger partial charge >= 0.3 is 0 Å². The van der Waals surface area contributed by atoms with Crippen molar-refractivity contribution in [1.82, 2.24) is 15.0 Å². The van der Waals surface area contributed by atoms with Gasteiger partial charge in [-0.25, -0.2) is 13.4 Å². The second-order valence-corrected chi connectivity index (χ2v) is 6.00. The fraction of sp³-hybridized carbons (Fsp3) is 0. The Morgan fingerprint density at radius 3 is 2.80 bits per heavy atom. The highest BCUT2D eigenvalue weighted by molar-refractivity contribution is 7.93. The predicted octanol–water partition coefficient (Wildman–Crippen LogP) is 2.41. The number of benzene rings is 1. The van der Waals surface area contributed by atoms with Crippen LogP contribution < -0.4 is 4.72 Å². The summed E-state index contributed by atoms with van der Waals surface area (Å²) in [4.78, 5) is 10.6. The molecule has 0 aliphatic carbocycles. The molecule has 102 valence electrons. The monoisotopic (exact) mass is 308 g/mol. The van der Waals surface area contributed by atoms with Crippen molar-refractivity contribution in [2.75, 3.05) is 4.72 Å². The number of fused-ring (bicyclic) bond motifs is 1. The molecule has 3 rings (SSSR count). The number of nitrogens with one attached hydrogen (secondary N) is 2. The van der Waals surface area contributed by atoms with E-state index in [0.29, 0.717) is 5.39 Å². The SMILES string of the molecule is O=S(=O)(Nc1ccnc(Cl)n1)c1c[nH]c2ccccc12. The van der Waals surface area contributed by atoms with Gasteiger partial charge in [0.2, 0.25) is 5.28 Å². The number of nitrogens with zero attached hydrogens (tertiary/aromatic N) is 2. The topological polar surface area (TPSA) is 87.7 Å². The first-order valence-corrected chi connectivity index (χ1v) is 7.50. The Labute approximate surface area is 119 Å². The van der Waals surface area contributed by atoms with Gasteiger partial charge < -0.3 is 4.98 Å². The number of hydrogen-bond acceptors (Lipinski definition) is 4. The van der Waals surface area contributed by atoms with E-state index in [4.69, 9.17) is 11.6 Å². The highest BCUT2D eigenvalue weighted by Gasteiger charge is 2.19. The molecule has 0 atom stereocenters. The van der Waals surface area contributed by atoms with Crippen LogP contribution in [0.25, 0.3) is 10.9 Å². The second-order valence-electron chi connectivity index (χ2n) is 4.01. The van der Waals surface area contributed by atoms with Gasteiger partial charge in [0, 0.05) is 23.3 Å². The van der Waals surface area contributed by atoms with Crippen LogP contribution >= 0.6 is 11.6 Å². The number of para-hydroxylation sites is 1. The van der Waals surface area contributed by atoms with Gasteiger partial charge in [-0.3, -0.25) is 4.72 Å². The normalized spacial score (nSPS) is 11.7. The first-order chi connectivity index (χ1) is 9.56. The standard InChI is InChI=1S/C12H9ClN4O2S/c13-12-14-6-5-11(16-12)17-20(18,19)10-7-15-9-4-2-1-3-8(9)10/h1-7,15H,(H,14,16,17). The molecule has 0 bridgehead atoms. The van der Waals surface area contributed by atoms with Gasteiger partial charge in [0.15, 0.2) is 0 Å². The van der Waals surface area contributed by atoms with E-state index in [9.17, 15) is 8.42 Å². The lowest BCUT2D eigenvalue weighted by Crippen LogP contribution is -2.13. The van der Waals surface area contributed by atoms with E-state index in [1.807, 2.05) is 6.07 Å². The fourth-order valence-electron chi connectivity index (χ4n) is 1.85. The molecule has 6 nitrogen and oxygen atoms in total. The molecular formula is C12H9ClN4O2S. The van der Waals surface area contributed by atoms with Crippen LogP contribution in [0, 0.1) is 0 Å². The zero-order valence-electron chi connectivity index (χ0n) is 10.0. The van der Waals surface area contributed by atoms with Crippen LogP contribution in [0.15, 0.2) is 47.6 Å². The van der Waals surface area contributed by atoms with E-state index < -0.39 is 10.0 Å². The third-order valence-electron chi connectivity index (χ3n) is 2.71. The number of rotatable bonds is 3. The fourth-order valence-corrected chi connectivity index (χ4v) is 3.18. The maximum atomic E-state index is 12.4. The maximum absolute atomic E-state index is 12.4. The molecule has 0 aliphatic heterocycles. The Morgan fingerprint density at radius 2 is 2.00 bits per heavy atom. The smallest absolute Gasteiger partial charge is 0.265 e. The molecule has 0 unspecified atom stereocenters. The number of hydrogen-bond donors (Lipinski definition) is 2. The van der Waals surface area contributed by atoms with Crippen molar-refractivity contribution in [3.63, 3.8) is 0 Å². The molecule has 0 saturated carbocycles. The molecule has 2 N–H and O–H groups in total. The Bertz CT molecular complexity index is 876. The summed E-state index contributed by atoms with van der Waals surface area (Å²) >= 11 is 5.63. The van der Waals surface area contributed by atoms with Gasteiger partial charge in [-0.2, -0.15) is 4.98 Å². The summed E-state index contributed by atoms with van der Waals surface area (Å²) in [5.41, 5.74) is 0.744. The highest BCUT2D eigenvalue weighted by Crippen LogP contribution is 2.24. The molecule has 0 amide bonds. The molecule has 0 spiro atoms. The van der Waals surface area contributed by atoms with Crippen molar-refractivity contribution < 1.29 is 8.42 Å². The van der Waals surface area contributed by atoms with Crippen LogP contribution in [0.1, 0.15) is 0 Å². The molecule has 2 aromatic heterocycles. The highest BCUT2D eigenvalue weighted by atomic mass is 35.5. The Morgan fingerprint density at radius 1 is 1.20 bits per heavy atom. The van der Waals surface area contributed by atoms with Gasteiger partial charge in [0.1, 0.15) is 10.7 Å². The summed E-state index contributed by atoms with van der Waals surface area (Å²) in [6.07, 6.45) is 2.82. The number of anilines is 1. The van der Waals surface area contributed by atoms with Crippen molar-refractivity contribution in [2.24, 2.45) is 0 Å². The minimum Gasteiger partial charge on any atom is -0.360 e. The third kappa shape index (κ3) is 2.33. The largest absolute Gasteiger partial charge is 0.360 e. The maximum Gasteiger partial charge on any atom is 0.265 e. The Kier molecular flexibility index (Phi) is 3.07. The number of halogens is 1. The van der Waals surface area contributed by atoms with Crippen LogP contribution in [0.4, 0.5) is 5.82 Å². The molecular weight excluding hydrogens is 300 g/mol. The summed E-state index contributed by atoms with van der Waals surface area (Å²) in [6.45, 7) is 0. The van der Waals surface area contributed by atoms with E-state index in [1.165, 1.54) is 18.5 Å². The lowest BCUT2D eigenvalue weighted by atomic mass is 10.2. The van der Waals surface area contributed by atoms with Crippen molar-refractivity contribution in [3.8, 4) is 0 Å². The van der Waals surface area contributed by atoms with Gasteiger partial charge in [-0.05, 0) is 23.7 Å². The average Bonchev–Trinajstić information content (AvgIpc) is 2.82. The van der Waals surface area contributed by atoms with E-state index in [0.717, 1.165) is 5.52 Å². The van der Waals surface area contributed by atoms with E-state index >= 15 is 0 Å². The van der Waals surface area contributed by atoms with Crippen LogP contribution in [-0.2, 0) is 10.0 Å². The lowest BCUT2D eigenvalue weighted by molar-refractivity contribution is 0.602. The first kappa shape index (κ1) is 12.9. The number of aromatic amines is 1. The summed E-state index contributed by atoms with van der Waals surface area (Å²) in [6, 6.07) is 8.56. The molecule has 0 saturated heterocycles. The molecule has 0 aliphatic rings. The van der Waals surface area contributed by atoms with Crippen molar-refractivity contribution in [2.45, 2.75) is 4.90 Å². The average molecular weight is 309 g/mol. The molecule has 8 heteroatoms. The van der Waals surface area contributed by atoms with Crippen molar-refractivity contribution >= 4 is 38.3 Å². The Balaban J connectivity index is 2.04. The summed E-state index contributed by atoms with van der Waals surface area (Å²) < 4.78 is 27.1. The first-order valence-electron chi connectivity index (χ1n) is 5.64. The van der Waals surface area contributed by atoms with E-state index in [2.05, 4.69) is 19.7 Å². The van der Waals surface area contributed by atoms with Gasteiger partial charge in [-0.1, -0.05) is 18.2 Å². The van der Waals surface area contributed by atoms with Crippen LogP contribution in [0.2, 0.25) is 5.28 Å². The summed E-state index contributed by atoms with van der Waals surface area (Å²) in [7, 11) is -3.74. The van der Waals surface area contributed by atoms with Crippen molar-refractivity contribution in [3.05, 3.63) is 48.0 Å². The lowest BCUT2D eigenvalue weighted by Gasteiger charge is -2.06. The van der Waals surface area contributed by atoms with E-state index in [-0.39, 0.29) is 16.0 Å². The van der Waals surface area contributed by atoms with Crippen LogP contribution in [0.3, 0.4) is 0 Å². The second kappa shape index (κ2) is 4.77. The molecule has 1 aromatic carbocycles. The van der Waals surface area contributed by atoms with Crippen LogP contribution in [0.5, 0.6) is 0 Å². The number of H-pyrrole nitrogens is 1. The summed E-state index contributed by atoms with van der Waals surface area (Å²) in [5.74, 6) is 0.121. The minimum atomic E-state index is -3.74. The van der Waals surface area contributed by atoms with Gasteiger partial charge in [0.05, 0.1) is 0 Å². The van der Waals surface area contributed by atoms with Gasteiger partial charge in [-0.15, -0.1) is 0 Å².